The van der Waals surface area contributed by atoms with Gasteiger partial charge in [0, 0.05) is 18.7 Å². The van der Waals surface area contributed by atoms with Gasteiger partial charge in [-0.05, 0) is 26.6 Å². The second-order valence-corrected chi connectivity index (χ2v) is 7.07. The van der Waals surface area contributed by atoms with Crippen molar-refractivity contribution in [3.8, 4) is 0 Å². The monoisotopic (exact) mass is 364 g/mol. The number of likely N-dealkylation sites (N-methyl/N-ethyl adjacent to an activating group) is 1. The van der Waals surface area contributed by atoms with Gasteiger partial charge in [0.2, 0.25) is 0 Å². The maximum Gasteiger partial charge on any atom is 0.295 e. The van der Waals surface area contributed by atoms with E-state index in [9.17, 15) is 14.7 Å². The van der Waals surface area contributed by atoms with E-state index in [0.29, 0.717) is 18.7 Å². The Kier molecular flexibility index (Phi) is 5.42. The van der Waals surface area contributed by atoms with E-state index in [-0.39, 0.29) is 11.3 Å². The minimum atomic E-state index is -0.638. The highest BCUT2D eigenvalue weighted by Crippen LogP contribution is 2.39. The smallest absolute Gasteiger partial charge is 0.295 e. The number of hydrogen-bond donors (Lipinski definition) is 1. The molecule has 0 radical (unpaired) electrons. The summed E-state index contributed by atoms with van der Waals surface area (Å²) in [4.78, 5) is 29.0. The van der Waals surface area contributed by atoms with Gasteiger partial charge >= 0.3 is 0 Å². The molecule has 2 aromatic carbocycles. The summed E-state index contributed by atoms with van der Waals surface area (Å²) in [7, 11) is 3.84. The average Bonchev–Trinajstić information content (AvgIpc) is 2.91. The first-order valence-corrected chi connectivity index (χ1v) is 8.95. The number of carbonyl (C=O) groups excluding carboxylic acids is 2. The minimum Gasteiger partial charge on any atom is -0.507 e. The Hall–Kier alpha value is -2.92. The van der Waals surface area contributed by atoms with Crippen molar-refractivity contribution in [2.45, 2.75) is 13.0 Å². The summed E-state index contributed by atoms with van der Waals surface area (Å²) in [6.07, 6.45) is 0. The molecule has 1 aliphatic rings. The Morgan fingerprint density at radius 2 is 1.67 bits per heavy atom. The molecule has 1 atom stereocenters. The van der Waals surface area contributed by atoms with Gasteiger partial charge < -0.3 is 14.9 Å². The zero-order chi connectivity index (χ0) is 19.6. The van der Waals surface area contributed by atoms with E-state index < -0.39 is 17.7 Å². The summed E-state index contributed by atoms with van der Waals surface area (Å²) in [5, 5.41) is 10.9. The number of amides is 1. The van der Waals surface area contributed by atoms with Crippen LogP contribution in [0.15, 0.2) is 60.2 Å². The molecule has 0 aliphatic carbocycles. The van der Waals surface area contributed by atoms with E-state index in [4.69, 9.17) is 0 Å². The maximum atomic E-state index is 12.8. The van der Waals surface area contributed by atoms with Gasteiger partial charge in [0.1, 0.15) is 5.76 Å². The topological polar surface area (TPSA) is 60.9 Å². The van der Waals surface area contributed by atoms with Crippen LogP contribution in [0.1, 0.15) is 22.7 Å². The highest BCUT2D eigenvalue weighted by Gasteiger charge is 2.45. The average molecular weight is 364 g/mol. The molecular weight excluding hydrogens is 340 g/mol. The van der Waals surface area contributed by atoms with E-state index in [0.717, 1.165) is 11.1 Å². The second-order valence-electron chi connectivity index (χ2n) is 7.07. The van der Waals surface area contributed by atoms with Crippen LogP contribution in [0.25, 0.3) is 5.76 Å². The lowest BCUT2D eigenvalue weighted by Gasteiger charge is -2.26. The Balaban J connectivity index is 2.13. The molecule has 1 heterocycles. The molecule has 1 fully saturated rings. The first kappa shape index (κ1) is 18.9. The fourth-order valence-electron chi connectivity index (χ4n) is 3.27. The molecule has 0 bridgehead atoms. The highest BCUT2D eigenvalue weighted by molar-refractivity contribution is 6.46. The van der Waals surface area contributed by atoms with Crippen molar-refractivity contribution in [2.75, 3.05) is 27.2 Å². The van der Waals surface area contributed by atoms with Crippen molar-refractivity contribution < 1.29 is 14.7 Å². The van der Waals surface area contributed by atoms with Crippen LogP contribution in [0.4, 0.5) is 0 Å². The fraction of sp³-hybridized carbons (Fsp3) is 0.273. The number of hydrogen-bond acceptors (Lipinski definition) is 4. The van der Waals surface area contributed by atoms with Gasteiger partial charge in [-0.3, -0.25) is 9.59 Å². The summed E-state index contributed by atoms with van der Waals surface area (Å²) >= 11 is 0. The second kappa shape index (κ2) is 7.76. The van der Waals surface area contributed by atoms with Crippen LogP contribution >= 0.6 is 0 Å². The van der Waals surface area contributed by atoms with Crippen LogP contribution in [0.3, 0.4) is 0 Å². The number of ketones is 1. The largest absolute Gasteiger partial charge is 0.507 e. The molecular formula is C22H24N2O3. The number of nitrogens with zero attached hydrogens (tertiary/aromatic N) is 2. The summed E-state index contributed by atoms with van der Waals surface area (Å²) in [6, 6.07) is 16.0. The number of aryl methyl sites for hydroxylation is 1. The molecule has 2 aromatic rings. The molecule has 1 aliphatic heterocycles. The van der Waals surface area contributed by atoms with Crippen LogP contribution in [0.2, 0.25) is 0 Å². The summed E-state index contributed by atoms with van der Waals surface area (Å²) in [5.74, 6) is -1.34. The molecule has 1 amide bonds. The lowest BCUT2D eigenvalue weighted by molar-refractivity contribution is -0.140. The maximum absolute atomic E-state index is 12.8. The molecule has 0 aromatic heterocycles. The zero-order valence-electron chi connectivity index (χ0n) is 15.8. The summed E-state index contributed by atoms with van der Waals surface area (Å²) in [5.41, 5.74) is 2.58. The van der Waals surface area contributed by atoms with Gasteiger partial charge in [-0.2, -0.15) is 0 Å². The third-order valence-corrected chi connectivity index (χ3v) is 4.77. The van der Waals surface area contributed by atoms with Gasteiger partial charge in [0.05, 0.1) is 11.6 Å². The van der Waals surface area contributed by atoms with E-state index in [2.05, 4.69) is 0 Å². The third-order valence-electron chi connectivity index (χ3n) is 4.77. The first-order valence-electron chi connectivity index (χ1n) is 8.95. The number of rotatable bonds is 5. The molecule has 140 valence electrons. The van der Waals surface area contributed by atoms with Crippen molar-refractivity contribution in [1.29, 1.82) is 0 Å². The molecule has 27 heavy (non-hydrogen) atoms. The lowest BCUT2D eigenvalue weighted by Crippen LogP contribution is -2.35. The predicted octanol–water partition coefficient (Wildman–Crippen LogP) is 2.98. The van der Waals surface area contributed by atoms with Crippen LogP contribution < -0.4 is 0 Å². The van der Waals surface area contributed by atoms with E-state index >= 15 is 0 Å². The Labute approximate surface area is 159 Å². The van der Waals surface area contributed by atoms with Gasteiger partial charge in [0.25, 0.3) is 11.7 Å². The Morgan fingerprint density at radius 3 is 2.26 bits per heavy atom. The SMILES string of the molecule is Cc1ccc([C@H]2/C(=C(\O)c3ccccc3)C(=O)C(=O)N2CCN(C)C)cc1. The van der Waals surface area contributed by atoms with E-state index in [1.165, 1.54) is 0 Å². The highest BCUT2D eigenvalue weighted by atomic mass is 16.3. The van der Waals surface area contributed by atoms with Crippen LogP contribution in [-0.2, 0) is 9.59 Å². The molecule has 5 nitrogen and oxygen atoms in total. The molecule has 3 rings (SSSR count). The van der Waals surface area contributed by atoms with Crippen molar-refractivity contribution in [1.82, 2.24) is 9.80 Å². The molecule has 5 heteroatoms. The standard InChI is InChI=1S/C22H24N2O3/c1-15-9-11-16(12-10-15)19-18(20(25)17-7-5-4-6-8-17)21(26)22(27)24(19)14-13-23(2)3/h4-12,19,25H,13-14H2,1-3H3/b20-18+/t19-/m0/s1. The number of carbonyl (C=O) groups is 2. The third kappa shape index (κ3) is 3.78. The minimum absolute atomic E-state index is 0.133. The van der Waals surface area contributed by atoms with Gasteiger partial charge in [0.15, 0.2) is 0 Å². The Morgan fingerprint density at radius 1 is 1.04 bits per heavy atom. The van der Waals surface area contributed by atoms with Gasteiger partial charge in [-0.1, -0.05) is 60.2 Å². The predicted molar refractivity (Wildman–Crippen MR) is 105 cm³/mol. The van der Waals surface area contributed by atoms with Gasteiger partial charge in [-0.15, -0.1) is 0 Å². The molecule has 0 unspecified atom stereocenters. The quantitative estimate of drug-likeness (QED) is 0.503. The van der Waals surface area contributed by atoms with Crippen LogP contribution in [0.5, 0.6) is 0 Å². The first-order chi connectivity index (χ1) is 12.9. The van der Waals surface area contributed by atoms with Gasteiger partial charge in [-0.25, -0.2) is 0 Å². The van der Waals surface area contributed by atoms with Crippen molar-refractivity contribution >= 4 is 17.4 Å². The van der Waals surface area contributed by atoms with Crippen molar-refractivity contribution in [3.63, 3.8) is 0 Å². The van der Waals surface area contributed by atoms with E-state index in [1.807, 2.05) is 56.3 Å². The van der Waals surface area contributed by atoms with E-state index in [1.54, 1.807) is 29.2 Å². The summed E-state index contributed by atoms with van der Waals surface area (Å²) in [6.45, 7) is 3.01. The number of likely N-dealkylation sites (tertiary alicyclic amines) is 1. The molecule has 0 saturated carbocycles. The molecule has 1 saturated heterocycles. The number of Topliss-reactive ketones (excluding diaryl/α,β-unsaturated/α-hetero) is 1. The normalized spacial score (nSPS) is 19.1. The molecule has 1 N–H and O–H groups in total. The lowest BCUT2D eigenvalue weighted by atomic mass is 9.95. The van der Waals surface area contributed by atoms with Crippen molar-refractivity contribution in [2.24, 2.45) is 0 Å². The zero-order valence-corrected chi connectivity index (χ0v) is 15.8. The van der Waals surface area contributed by atoms with Crippen molar-refractivity contribution in [3.05, 3.63) is 76.9 Å². The fourth-order valence-corrected chi connectivity index (χ4v) is 3.27. The number of benzene rings is 2. The van der Waals surface area contributed by atoms with Crippen LogP contribution in [-0.4, -0.2) is 53.8 Å². The molecule has 0 spiro atoms. The number of aliphatic hydroxyl groups is 1. The summed E-state index contributed by atoms with van der Waals surface area (Å²) < 4.78 is 0. The van der Waals surface area contributed by atoms with Crippen LogP contribution in [0, 0.1) is 6.92 Å². The Bertz CT molecular complexity index is 870. The number of aliphatic hydroxyl groups excluding tert-OH is 1.